The van der Waals surface area contributed by atoms with Gasteiger partial charge in [-0.15, -0.1) is 0 Å². The van der Waals surface area contributed by atoms with Gasteiger partial charge in [0.1, 0.15) is 57.0 Å². The number of benzene rings is 6. The van der Waals surface area contributed by atoms with E-state index in [1.807, 2.05) is 179 Å². The molecule has 9 aromatic heterocycles. The fourth-order valence-electron chi connectivity index (χ4n) is 15.1. The van der Waals surface area contributed by atoms with Gasteiger partial charge in [0, 0.05) is 101 Å². The van der Waals surface area contributed by atoms with Crippen molar-refractivity contribution >= 4 is 67.5 Å². The number of aromatic hydroxyl groups is 1. The predicted molar refractivity (Wildman–Crippen MR) is 462 cm³/mol. The van der Waals surface area contributed by atoms with Gasteiger partial charge in [-0.25, -0.2) is 0 Å². The molecule has 0 saturated heterocycles. The zero-order chi connectivity index (χ0) is 85.3. The molecule has 2 N–H and O–H groups in total. The van der Waals surface area contributed by atoms with E-state index in [9.17, 15) is 33.9 Å². The third kappa shape index (κ3) is 16.5. The average molecular weight is 1600 g/mol. The second-order valence-electron chi connectivity index (χ2n) is 29.8. The highest BCUT2D eigenvalue weighted by molar-refractivity contribution is 6.10. The lowest BCUT2D eigenvalue weighted by molar-refractivity contribution is 0.0983. The van der Waals surface area contributed by atoms with Gasteiger partial charge in [-0.1, -0.05) is 33.7 Å². The number of hydrogen-bond donors (Lipinski definition) is 2. The van der Waals surface area contributed by atoms with Crippen LogP contribution in [0.5, 0.6) is 23.0 Å². The first-order chi connectivity index (χ1) is 56.9. The standard InChI is InChI=1S/C32H32N4O4.C31H30N4O5.C31H30N4O4/c1-18-12-25(13-19(2)20(18)3)35(6)31(37)27-15-23-14-26(30-21(4)34-40-22(30)5)29(39-7)16-28(23)36(32(27)38)17-24-10-8-9-11-33-24;1-17-11-23(12-18(2)29(17)36)34(5)30(37)25-14-21-13-24(28-19(3)33-40-20(28)4)27(39-6)15-26(21)35(31(25)38)16-22-9-7-8-10-32-22;1-17-11-24(12-18(2)19(17)3)33-30(36)26-14-22-13-25(29-20(4)34-39-21(29)5)28(38-6)15-27(22)35(31(26)37)16-23-9-7-8-10-32-23/h8-16H,17H2,1-7H3;7-15,36H,16H2,1-6H3;7-15H,16H2,1-6H3,(H,33,36). The second-order valence-corrected chi connectivity index (χ2v) is 29.8. The van der Waals surface area contributed by atoms with Gasteiger partial charge in [-0.2, -0.15) is 0 Å². The Morgan fingerprint density at radius 3 is 1.00 bits per heavy atom. The van der Waals surface area contributed by atoms with Crippen molar-refractivity contribution in [2.24, 2.45) is 0 Å². The number of phenols is 1. The van der Waals surface area contributed by atoms with Crippen LogP contribution in [0, 0.1) is 96.9 Å². The first kappa shape index (κ1) is 82.6. The van der Waals surface area contributed by atoms with Gasteiger partial charge in [-0.05, 0) is 251 Å². The van der Waals surface area contributed by atoms with E-state index in [4.69, 9.17) is 27.8 Å². The molecule has 0 bridgehead atoms. The minimum Gasteiger partial charge on any atom is -0.507 e. The number of fused-ring (bicyclic) bond motifs is 3. The summed E-state index contributed by atoms with van der Waals surface area (Å²) in [4.78, 5) is 99.3. The number of carbonyl (C=O) groups excluding carboxylic acids is 3. The number of methoxy groups -OCH3 is 3. The van der Waals surface area contributed by atoms with Crippen molar-refractivity contribution in [3.8, 4) is 56.4 Å². The largest absolute Gasteiger partial charge is 0.507 e. The number of ether oxygens (including phenoxy) is 3. The number of nitrogens with zero attached hydrogens (tertiary/aromatic N) is 11. The number of rotatable bonds is 18. The van der Waals surface area contributed by atoms with Gasteiger partial charge >= 0.3 is 0 Å². The maximum absolute atomic E-state index is 14.0. The van der Waals surface area contributed by atoms with Crippen molar-refractivity contribution in [3.63, 3.8) is 0 Å². The van der Waals surface area contributed by atoms with E-state index in [-0.39, 0.29) is 48.0 Å². The molecule has 0 aliphatic heterocycles. The molecule has 0 spiro atoms. The lowest BCUT2D eigenvalue weighted by Gasteiger charge is -2.21. The molecule has 9 heterocycles. The van der Waals surface area contributed by atoms with E-state index in [1.54, 1.807) is 124 Å². The monoisotopic (exact) mass is 1600 g/mol. The summed E-state index contributed by atoms with van der Waals surface area (Å²) in [5, 5.41) is 27.5. The smallest absolute Gasteiger partial charge is 0.264 e. The summed E-state index contributed by atoms with van der Waals surface area (Å²) in [6.07, 6.45) is 5.03. The summed E-state index contributed by atoms with van der Waals surface area (Å²) in [6.45, 7) is 27.3. The number of anilines is 3. The Morgan fingerprint density at radius 2 is 0.706 bits per heavy atom. The molecule has 0 fully saturated rings. The van der Waals surface area contributed by atoms with Crippen molar-refractivity contribution in [3.05, 3.63) is 308 Å². The molecule has 3 amide bonds. The van der Waals surface area contributed by atoms with Crippen molar-refractivity contribution in [1.29, 1.82) is 0 Å². The molecule has 606 valence electrons. The summed E-state index contributed by atoms with van der Waals surface area (Å²) in [5.74, 6) is 2.44. The van der Waals surface area contributed by atoms with Crippen molar-refractivity contribution in [2.45, 2.75) is 117 Å². The Balaban J connectivity index is 0.000000155. The third-order valence-electron chi connectivity index (χ3n) is 22.0. The molecule has 25 heteroatoms. The van der Waals surface area contributed by atoms with E-state index in [1.165, 1.54) is 15.4 Å². The van der Waals surface area contributed by atoms with Crippen LogP contribution in [0.25, 0.3) is 66.1 Å². The fourth-order valence-corrected chi connectivity index (χ4v) is 15.1. The Bertz CT molecular complexity index is 6300. The molecule has 0 radical (unpaired) electrons. The molecule has 0 aliphatic carbocycles. The summed E-state index contributed by atoms with van der Waals surface area (Å²) in [5.41, 5.74) is 19.4. The third-order valence-corrected chi connectivity index (χ3v) is 22.0. The molecule has 25 nitrogen and oxygen atoms in total. The number of aromatic nitrogens is 9. The Hall–Kier alpha value is -14.4. The number of carbonyl (C=O) groups is 3. The summed E-state index contributed by atoms with van der Waals surface area (Å²) >= 11 is 0. The highest BCUT2D eigenvalue weighted by Crippen LogP contribution is 2.42. The highest BCUT2D eigenvalue weighted by atomic mass is 16.5. The van der Waals surface area contributed by atoms with Crippen LogP contribution in [0.3, 0.4) is 0 Å². The first-order valence-corrected chi connectivity index (χ1v) is 38.5. The summed E-state index contributed by atoms with van der Waals surface area (Å²) in [7, 11) is 8.05. The van der Waals surface area contributed by atoms with Crippen LogP contribution in [0.15, 0.2) is 192 Å². The molecule has 6 aromatic carbocycles. The number of pyridine rings is 6. The van der Waals surface area contributed by atoms with Gasteiger partial charge in [0.05, 0.1) is 108 Å². The van der Waals surface area contributed by atoms with Crippen LogP contribution in [0.2, 0.25) is 0 Å². The molecule has 0 atom stereocenters. The maximum atomic E-state index is 14.0. The minimum absolute atomic E-state index is 0.00388. The van der Waals surface area contributed by atoms with Gasteiger partial charge in [0.15, 0.2) is 0 Å². The molecule has 0 saturated carbocycles. The fraction of sp³-hybridized carbons (Fsp3) is 0.234. The van der Waals surface area contributed by atoms with Crippen molar-refractivity contribution in [1.82, 2.24) is 44.1 Å². The number of hydrogen-bond acceptors (Lipinski definition) is 19. The molecule has 15 rings (SSSR count). The molecule has 119 heavy (non-hydrogen) atoms. The SMILES string of the molecule is COc1cc2c(cc1-c1c(C)noc1C)cc(C(=O)N(C)c1cc(C)c(C)c(C)c1)c(=O)n2Cc1ccccn1.COc1cc2c(cc1-c1c(C)noc1C)cc(C(=O)N(C)c1cc(C)c(O)c(C)c1)c(=O)n2Cc1ccccn1.COc1cc2c(cc1-c1c(C)noc1C)cc(C(=O)Nc1cc(C)c(C)c(C)c1)c(=O)n2Cc1ccccn1. The number of nitrogens with one attached hydrogen (secondary N) is 1. The first-order valence-electron chi connectivity index (χ1n) is 38.5. The molecule has 0 aliphatic rings. The van der Waals surface area contributed by atoms with E-state index in [0.717, 1.165) is 78.3 Å². The average Bonchev–Trinajstić information content (AvgIpc) is 1.71. The van der Waals surface area contributed by atoms with Crippen LogP contribution >= 0.6 is 0 Å². The van der Waals surface area contributed by atoms with E-state index in [0.29, 0.717) is 113 Å². The van der Waals surface area contributed by atoms with E-state index < -0.39 is 28.5 Å². The van der Waals surface area contributed by atoms with Crippen molar-refractivity contribution in [2.75, 3.05) is 50.5 Å². The quantitative estimate of drug-likeness (QED) is 0.0806. The lowest BCUT2D eigenvalue weighted by atomic mass is 9.99. The maximum Gasteiger partial charge on any atom is 0.264 e. The van der Waals surface area contributed by atoms with Gasteiger partial charge in [0.25, 0.3) is 34.4 Å². The highest BCUT2D eigenvalue weighted by Gasteiger charge is 2.29. The van der Waals surface area contributed by atoms with Gasteiger partial charge in [0.2, 0.25) is 0 Å². The van der Waals surface area contributed by atoms with Crippen LogP contribution in [0.1, 0.15) is 127 Å². The zero-order valence-electron chi connectivity index (χ0n) is 70.0. The van der Waals surface area contributed by atoms with E-state index in [2.05, 4.69) is 42.7 Å². The van der Waals surface area contributed by atoms with Crippen LogP contribution < -0.4 is 46.0 Å². The topological polar surface area (TPSA) is 300 Å². The second kappa shape index (κ2) is 34.2. The minimum atomic E-state index is -0.478. The number of aryl methyl sites for hydroxylation is 12. The molecule has 15 aromatic rings. The van der Waals surface area contributed by atoms with Crippen LogP contribution in [-0.2, 0) is 19.6 Å². The lowest BCUT2D eigenvalue weighted by Crippen LogP contribution is -2.35. The molecular formula is C94H92N12O13. The van der Waals surface area contributed by atoms with Crippen molar-refractivity contribution < 1.29 is 47.3 Å². The summed E-state index contributed by atoms with van der Waals surface area (Å²) in [6, 6.07) is 43.8. The number of amides is 3. The predicted octanol–water partition coefficient (Wildman–Crippen LogP) is 17.2. The Kier molecular flexibility index (Phi) is 23.8. The number of phenolic OH excluding ortho intramolecular Hbond substituents is 1. The normalized spacial score (nSPS) is 11.2. The summed E-state index contributed by atoms with van der Waals surface area (Å²) < 4.78 is 38.2. The van der Waals surface area contributed by atoms with Crippen LogP contribution in [-0.4, -0.2) is 102 Å². The zero-order valence-corrected chi connectivity index (χ0v) is 70.0. The Morgan fingerprint density at radius 1 is 0.403 bits per heavy atom. The van der Waals surface area contributed by atoms with E-state index >= 15 is 0 Å². The molecular weight excluding hydrogens is 1510 g/mol. The van der Waals surface area contributed by atoms with Crippen LogP contribution in [0.4, 0.5) is 17.1 Å². The Labute approximate surface area is 686 Å². The molecule has 0 unspecified atom stereocenters. The van der Waals surface area contributed by atoms with Gasteiger partial charge < -0.3 is 61.7 Å². The van der Waals surface area contributed by atoms with Gasteiger partial charge in [-0.3, -0.25) is 43.7 Å².